The molecule has 2 heterocycles. The average Bonchev–Trinajstić information content (AvgIpc) is 2.76. The standard InChI is InChI=1S/C13H21NOS2/c1-13(2,3)12(15)14-7-4-6-10(14)11-16-8-5-9-17-11/h4-9H2,1-3H3. The number of thioether (sulfide) groups is 2. The molecule has 0 N–H and O–H groups in total. The zero-order valence-electron chi connectivity index (χ0n) is 10.9. The van der Waals surface area contributed by atoms with Gasteiger partial charge in [-0.2, -0.15) is 0 Å². The minimum Gasteiger partial charge on any atom is -0.314 e. The molecule has 0 aromatic heterocycles. The van der Waals surface area contributed by atoms with E-state index in [1.165, 1.54) is 27.9 Å². The Kier molecular flexibility index (Phi) is 4.14. The molecule has 0 aromatic carbocycles. The van der Waals surface area contributed by atoms with Crippen molar-refractivity contribution in [1.29, 1.82) is 0 Å². The lowest BCUT2D eigenvalue weighted by Gasteiger charge is -2.28. The number of hydrogen-bond donors (Lipinski definition) is 0. The molecule has 2 aliphatic rings. The summed E-state index contributed by atoms with van der Waals surface area (Å²) in [4.78, 5) is 14.4. The summed E-state index contributed by atoms with van der Waals surface area (Å²) in [6.45, 7) is 6.95. The van der Waals surface area contributed by atoms with Crippen LogP contribution in [0.3, 0.4) is 0 Å². The second-order valence-electron chi connectivity index (χ2n) is 5.59. The fourth-order valence-electron chi connectivity index (χ4n) is 2.11. The summed E-state index contributed by atoms with van der Waals surface area (Å²) in [6.07, 6.45) is 3.50. The van der Waals surface area contributed by atoms with Crippen LogP contribution >= 0.6 is 23.5 Å². The number of likely N-dealkylation sites (tertiary alicyclic amines) is 1. The fourth-order valence-corrected chi connectivity index (χ4v) is 4.83. The molecule has 2 fully saturated rings. The van der Waals surface area contributed by atoms with Crippen molar-refractivity contribution in [3.8, 4) is 0 Å². The molecule has 0 aliphatic carbocycles. The van der Waals surface area contributed by atoms with Gasteiger partial charge in [0.05, 0.1) is 4.24 Å². The van der Waals surface area contributed by atoms with Crippen LogP contribution in [-0.2, 0) is 4.79 Å². The Balaban J connectivity index is 2.20. The Morgan fingerprint density at radius 2 is 1.82 bits per heavy atom. The van der Waals surface area contributed by atoms with Gasteiger partial charge in [0, 0.05) is 17.7 Å². The van der Waals surface area contributed by atoms with E-state index in [0.29, 0.717) is 0 Å². The Morgan fingerprint density at radius 3 is 2.41 bits per heavy atom. The van der Waals surface area contributed by atoms with Crippen LogP contribution in [0.2, 0.25) is 0 Å². The molecule has 2 rings (SSSR count). The van der Waals surface area contributed by atoms with Crippen molar-refractivity contribution in [2.24, 2.45) is 5.41 Å². The topological polar surface area (TPSA) is 20.3 Å². The van der Waals surface area contributed by atoms with Crippen molar-refractivity contribution >= 4 is 29.4 Å². The lowest BCUT2D eigenvalue weighted by molar-refractivity contribution is -0.136. The number of hydrogen-bond acceptors (Lipinski definition) is 3. The van der Waals surface area contributed by atoms with E-state index >= 15 is 0 Å². The van der Waals surface area contributed by atoms with Gasteiger partial charge in [-0.25, -0.2) is 0 Å². The Morgan fingerprint density at radius 1 is 1.18 bits per heavy atom. The third-order valence-electron chi connectivity index (χ3n) is 3.00. The largest absolute Gasteiger partial charge is 0.314 e. The molecule has 96 valence electrons. The van der Waals surface area contributed by atoms with Gasteiger partial charge in [0.15, 0.2) is 0 Å². The molecule has 17 heavy (non-hydrogen) atoms. The molecule has 2 saturated heterocycles. The van der Waals surface area contributed by atoms with E-state index in [1.807, 2.05) is 49.2 Å². The lowest BCUT2D eigenvalue weighted by Crippen LogP contribution is -2.36. The summed E-state index contributed by atoms with van der Waals surface area (Å²) in [6, 6.07) is 0. The van der Waals surface area contributed by atoms with Gasteiger partial charge in [-0.1, -0.05) is 20.8 Å². The highest BCUT2D eigenvalue weighted by Crippen LogP contribution is 2.42. The minimum atomic E-state index is -0.264. The van der Waals surface area contributed by atoms with Crippen LogP contribution in [0.4, 0.5) is 0 Å². The van der Waals surface area contributed by atoms with Crippen molar-refractivity contribution in [3.05, 3.63) is 9.93 Å². The van der Waals surface area contributed by atoms with E-state index in [4.69, 9.17) is 0 Å². The highest BCUT2D eigenvalue weighted by Gasteiger charge is 2.33. The second kappa shape index (κ2) is 5.27. The predicted octanol–water partition coefficient (Wildman–Crippen LogP) is 3.69. The second-order valence-corrected chi connectivity index (χ2v) is 8.06. The molecule has 0 unspecified atom stereocenters. The first kappa shape index (κ1) is 13.3. The fraction of sp³-hybridized carbons (Fsp3) is 0.769. The van der Waals surface area contributed by atoms with E-state index < -0.39 is 0 Å². The van der Waals surface area contributed by atoms with Crippen LogP contribution in [0.25, 0.3) is 0 Å². The van der Waals surface area contributed by atoms with E-state index in [2.05, 4.69) is 0 Å². The molecule has 1 amide bonds. The van der Waals surface area contributed by atoms with E-state index in [9.17, 15) is 4.79 Å². The SMILES string of the molecule is CC(C)(C)C(=O)N1CCCC1=C1SCCCS1. The van der Waals surface area contributed by atoms with Gasteiger partial charge in [0.1, 0.15) is 0 Å². The number of nitrogens with zero attached hydrogens (tertiary/aromatic N) is 1. The Bertz CT molecular complexity index is 336. The third kappa shape index (κ3) is 3.02. The van der Waals surface area contributed by atoms with E-state index in [-0.39, 0.29) is 11.3 Å². The summed E-state index contributed by atoms with van der Waals surface area (Å²) in [5.41, 5.74) is 1.04. The molecule has 0 bridgehead atoms. The van der Waals surface area contributed by atoms with Crippen LogP contribution in [0, 0.1) is 5.41 Å². The van der Waals surface area contributed by atoms with Crippen LogP contribution in [0.15, 0.2) is 9.93 Å². The summed E-state index contributed by atoms with van der Waals surface area (Å²) in [5.74, 6) is 2.71. The number of amides is 1. The van der Waals surface area contributed by atoms with Crippen molar-refractivity contribution in [2.45, 2.75) is 40.0 Å². The first-order chi connectivity index (χ1) is 8.00. The first-order valence-electron chi connectivity index (χ1n) is 6.31. The van der Waals surface area contributed by atoms with Crippen LogP contribution < -0.4 is 0 Å². The van der Waals surface area contributed by atoms with Gasteiger partial charge < -0.3 is 4.90 Å². The van der Waals surface area contributed by atoms with Crippen molar-refractivity contribution in [1.82, 2.24) is 4.90 Å². The molecular weight excluding hydrogens is 250 g/mol. The number of carbonyl (C=O) groups excluding carboxylic acids is 1. The maximum Gasteiger partial charge on any atom is 0.232 e. The maximum atomic E-state index is 12.4. The average molecular weight is 271 g/mol. The van der Waals surface area contributed by atoms with Crippen molar-refractivity contribution in [3.63, 3.8) is 0 Å². The van der Waals surface area contributed by atoms with Gasteiger partial charge in [0.2, 0.25) is 5.91 Å². The van der Waals surface area contributed by atoms with Crippen LogP contribution in [-0.4, -0.2) is 28.9 Å². The zero-order chi connectivity index (χ0) is 12.5. The summed E-state index contributed by atoms with van der Waals surface area (Å²) < 4.78 is 1.41. The van der Waals surface area contributed by atoms with Gasteiger partial charge in [-0.15, -0.1) is 23.5 Å². The van der Waals surface area contributed by atoms with E-state index in [1.54, 1.807) is 0 Å². The molecule has 0 spiro atoms. The third-order valence-corrected chi connectivity index (χ3v) is 5.69. The monoisotopic (exact) mass is 271 g/mol. The minimum absolute atomic E-state index is 0.264. The molecule has 0 atom stereocenters. The molecule has 0 radical (unpaired) electrons. The van der Waals surface area contributed by atoms with Crippen molar-refractivity contribution in [2.75, 3.05) is 18.1 Å². The summed E-state index contributed by atoms with van der Waals surface area (Å²) >= 11 is 3.88. The normalized spacial score (nSPS) is 22.2. The van der Waals surface area contributed by atoms with Gasteiger partial charge in [-0.05, 0) is 30.8 Å². The summed E-state index contributed by atoms with van der Waals surface area (Å²) in [5, 5.41) is 0. The first-order valence-corrected chi connectivity index (χ1v) is 8.28. The number of carbonyl (C=O) groups is 1. The molecule has 2 aliphatic heterocycles. The van der Waals surface area contributed by atoms with E-state index in [0.717, 1.165) is 19.4 Å². The van der Waals surface area contributed by atoms with Gasteiger partial charge in [0.25, 0.3) is 0 Å². The Labute approximate surface area is 113 Å². The highest BCUT2D eigenvalue weighted by atomic mass is 32.2. The molecule has 0 saturated carbocycles. The van der Waals surface area contributed by atoms with Crippen LogP contribution in [0.1, 0.15) is 40.0 Å². The predicted molar refractivity (Wildman–Crippen MR) is 77.0 cm³/mol. The molecule has 2 nitrogen and oxygen atoms in total. The molecule has 4 heteroatoms. The van der Waals surface area contributed by atoms with Crippen LogP contribution in [0.5, 0.6) is 0 Å². The smallest absolute Gasteiger partial charge is 0.232 e. The van der Waals surface area contributed by atoms with Gasteiger partial charge in [-0.3, -0.25) is 4.79 Å². The zero-order valence-corrected chi connectivity index (χ0v) is 12.5. The molecule has 0 aromatic rings. The highest BCUT2D eigenvalue weighted by molar-refractivity contribution is 8.22. The lowest BCUT2D eigenvalue weighted by atomic mass is 9.95. The summed E-state index contributed by atoms with van der Waals surface area (Å²) in [7, 11) is 0. The number of allylic oxidation sites excluding steroid dienone is 1. The number of rotatable bonds is 0. The quantitative estimate of drug-likeness (QED) is 0.670. The molecular formula is C13H21NOS2. The Hall–Kier alpha value is -0.0900. The van der Waals surface area contributed by atoms with Crippen molar-refractivity contribution < 1.29 is 4.79 Å². The maximum absolute atomic E-state index is 12.4. The van der Waals surface area contributed by atoms with Gasteiger partial charge >= 0.3 is 0 Å².